The molecule has 4 N–H and O–H groups in total. The first-order valence-electron chi connectivity index (χ1n) is 10.5. The number of pyridine rings is 1. The smallest absolute Gasteiger partial charge is 0.356 e. The van der Waals surface area contributed by atoms with Gasteiger partial charge in [-0.15, -0.1) is 5.92 Å². The highest BCUT2D eigenvalue weighted by Gasteiger charge is 2.49. The summed E-state index contributed by atoms with van der Waals surface area (Å²) in [5, 5.41) is 0. The van der Waals surface area contributed by atoms with Crippen LogP contribution in [0.1, 0.15) is 29.9 Å². The highest BCUT2D eigenvalue weighted by molar-refractivity contribution is 5.87. The SMILES string of the molecule is CC#CCOc1ccc(C(=O)OC)nc1.C[C@]1(c2cc(N)ccc2F)N=C(N)O[C@@H]2COC[C@@H]21. The maximum absolute atomic E-state index is 14.1. The second kappa shape index (κ2) is 10.9. The van der Waals surface area contributed by atoms with E-state index in [1.54, 1.807) is 25.1 Å². The number of fused-ring (bicyclic) bond motifs is 1. The molecule has 180 valence electrons. The molecule has 0 aliphatic carbocycles. The first kappa shape index (κ1) is 24.8. The van der Waals surface area contributed by atoms with Crippen molar-refractivity contribution >= 4 is 17.7 Å². The predicted octanol–water partition coefficient (Wildman–Crippen LogP) is 2.25. The van der Waals surface area contributed by atoms with Gasteiger partial charge in [-0.05, 0) is 44.2 Å². The molecule has 9 nitrogen and oxygen atoms in total. The van der Waals surface area contributed by atoms with Crippen LogP contribution in [0.15, 0.2) is 41.5 Å². The van der Waals surface area contributed by atoms with Crippen LogP contribution >= 0.6 is 0 Å². The maximum atomic E-state index is 14.1. The van der Waals surface area contributed by atoms with Crippen molar-refractivity contribution in [3.05, 3.63) is 53.6 Å². The molecule has 0 radical (unpaired) electrons. The zero-order chi connectivity index (χ0) is 24.7. The molecule has 1 saturated heterocycles. The molecule has 0 spiro atoms. The topological polar surface area (TPSA) is 131 Å². The van der Waals surface area contributed by atoms with E-state index in [2.05, 4.69) is 26.6 Å². The summed E-state index contributed by atoms with van der Waals surface area (Å²) >= 11 is 0. The Morgan fingerprint density at radius 3 is 2.76 bits per heavy atom. The van der Waals surface area contributed by atoms with Gasteiger partial charge in [0, 0.05) is 11.3 Å². The van der Waals surface area contributed by atoms with Crippen LogP contribution in [0, 0.1) is 23.6 Å². The van der Waals surface area contributed by atoms with Gasteiger partial charge in [-0.2, -0.15) is 0 Å². The number of carbonyl (C=O) groups is 1. The molecule has 2 aliphatic heterocycles. The summed E-state index contributed by atoms with van der Waals surface area (Å²) in [6, 6.07) is 7.74. The summed E-state index contributed by atoms with van der Waals surface area (Å²) in [7, 11) is 1.31. The lowest BCUT2D eigenvalue weighted by molar-refractivity contribution is 0.0594. The number of nitrogens with zero attached hydrogens (tertiary/aromatic N) is 2. The van der Waals surface area contributed by atoms with E-state index in [9.17, 15) is 9.18 Å². The minimum absolute atomic E-state index is 0.0658. The number of halogens is 1. The fourth-order valence-corrected chi connectivity index (χ4v) is 3.74. The number of carbonyl (C=O) groups excluding carboxylic acids is 1. The normalized spacial score (nSPS) is 22.5. The van der Waals surface area contributed by atoms with E-state index < -0.39 is 11.5 Å². The van der Waals surface area contributed by atoms with Gasteiger partial charge in [0.25, 0.3) is 6.02 Å². The summed E-state index contributed by atoms with van der Waals surface area (Å²) in [6.45, 7) is 4.80. The Balaban J connectivity index is 0.000000197. The first-order valence-corrected chi connectivity index (χ1v) is 10.5. The highest BCUT2D eigenvalue weighted by atomic mass is 19.1. The van der Waals surface area contributed by atoms with Crippen molar-refractivity contribution in [1.29, 1.82) is 0 Å². The van der Waals surface area contributed by atoms with Gasteiger partial charge in [0.1, 0.15) is 30.0 Å². The molecule has 1 fully saturated rings. The van der Waals surface area contributed by atoms with Gasteiger partial charge >= 0.3 is 5.97 Å². The average Bonchev–Trinajstić information content (AvgIpc) is 3.30. The number of anilines is 1. The van der Waals surface area contributed by atoms with Crippen LogP contribution in [0.4, 0.5) is 10.1 Å². The third-order valence-corrected chi connectivity index (χ3v) is 5.52. The van der Waals surface area contributed by atoms with E-state index in [0.717, 1.165) is 0 Å². The average molecular weight is 471 g/mol. The number of nitrogen functional groups attached to an aromatic ring is 1. The van der Waals surface area contributed by atoms with E-state index in [1.165, 1.54) is 25.4 Å². The molecule has 2 aliphatic rings. The zero-order valence-corrected chi connectivity index (χ0v) is 19.2. The van der Waals surface area contributed by atoms with Gasteiger partial charge in [-0.25, -0.2) is 19.2 Å². The van der Waals surface area contributed by atoms with Crippen LogP contribution in [0.3, 0.4) is 0 Å². The van der Waals surface area contributed by atoms with Crippen molar-refractivity contribution in [3.63, 3.8) is 0 Å². The van der Waals surface area contributed by atoms with Gasteiger partial charge in [0.2, 0.25) is 0 Å². The van der Waals surface area contributed by atoms with Crippen LogP contribution in [0.2, 0.25) is 0 Å². The lowest BCUT2D eigenvalue weighted by Gasteiger charge is -2.38. The lowest BCUT2D eigenvalue weighted by Crippen LogP contribution is -2.47. The van der Waals surface area contributed by atoms with Crippen LogP contribution in [-0.4, -0.2) is 50.0 Å². The maximum Gasteiger partial charge on any atom is 0.356 e. The standard InChI is InChI=1S/C13H16FN3O2.C11H11NO3/c1-13(8-4-7(15)2-3-10(8)14)9-5-18-6-11(9)19-12(16)17-13;1-3-4-7-15-9-5-6-10(12-8-9)11(13)14-2/h2-4,9,11H,5-6,15H2,1H3,(H2,16,17);5-6,8H,7H2,1-2H3/t9-,11+,13+;/m0./s1. The lowest BCUT2D eigenvalue weighted by atomic mass is 9.77. The van der Waals surface area contributed by atoms with Crippen LogP contribution < -0.4 is 16.2 Å². The number of benzene rings is 1. The second-order valence-electron chi connectivity index (χ2n) is 7.72. The molecule has 34 heavy (non-hydrogen) atoms. The quantitative estimate of drug-likeness (QED) is 0.395. The van der Waals surface area contributed by atoms with E-state index in [4.69, 9.17) is 25.7 Å². The third kappa shape index (κ3) is 5.55. The number of esters is 1. The highest BCUT2D eigenvalue weighted by Crippen LogP contribution is 2.43. The molecule has 2 aromatic rings. The van der Waals surface area contributed by atoms with Crippen LogP contribution in [0.5, 0.6) is 5.75 Å². The molecular weight excluding hydrogens is 443 g/mol. The third-order valence-electron chi connectivity index (χ3n) is 5.52. The largest absolute Gasteiger partial charge is 0.479 e. The van der Waals surface area contributed by atoms with Crippen LogP contribution in [-0.2, 0) is 19.7 Å². The number of amidine groups is 1. The van der Waals surface area contributed by atoms with Crippen molar-refractivity contribution in [2.45, 2.75) is 25.5 Å². The molecule has 0 bridgehead atoms. The Morgan fingerprint density at radius 1 is 1.29 bits per heavy atom. The predicted molar refractivity (Wildman–Crippen MR) is 123 cm³/mol. The molecule has 0 saturated carbocycles. The molecule has 0 unspecified atom stereocenters. The van der Waals surface area contributed by atoms with Gasteiger partial charge in [-0.1, -0.05) is 5.92 Å². The Kier molecular flexibility index (Phi) is 7.91. The zero-order valence-electron chi connectivity index (χ0n) is 19.2. The van der Waals surface area contributed by atoms with E-state index in [1.807, 2.05) is 6.92 Å². The Bertz CT molecular complexity index is 1110. The van der Waals surface area contributed by atoms with E-state index >= 15 is 0 Å². The number of hydrogen-bond acceptors (Lipinski definition) is 9. The molecule has 10 heteroatoms. The minimum atomic E-state index is -0.817. The molecule has 3 heterocycles. The number of methoxy groups -OCH3 is 1. The number of ether oxygens (including phenoxy) is 4. The van der Waals surface area contributed by atoms with Crippen LogP contribution in [0.25, 0.3) is 0 Å². The second-order valence-corrected chi connectivity index (χ2v) is 7.72. The summed E-state index contributed by atoms with van der Waals surface area (Å²) in [5.74, 6) is 5.15. The fraction of sp³-hybridized carbons (Fsp3) is 0.375. The first-order chi connectivity index (χ1) is 16.3. The summed E-state index contributed by atoms with van der Waals surface area (Å²) in [6.07, 6.45) is 1.27. The van der Waals surface area contributed by atoms with Gasteiger partial charge in [0.05, 0.1) is 38.0 Å². The fourth-order valence-electron chi connectivity index (χ4n) is 3.74. The van der Waals surface area contributed by atoms with Gasteiger partial charge < -0.3 is 30.4 Å². The van der Waals surface area contributed by atoms with E-state index in [0.29, 0.717) is 36.8 Å². The molecule has 1 aromatic heterocycles. The number of nitrogens with two attached hydrogens (primary N) is 2. The number of hydrogen-bond donors (Lipinski definition) is 2. The molecular formula is C24H27FN4O5. The summed E-state index contributed by atoms with van der Waals surface area (Å²) in [4.78, 5) is 19.2. The van der Waals surface area contributed by atoms with Gasteiger partial charge in [0.15, 0.2) is 0 Å². The summed E-state index contributed by atoms with van der Waals surface area (Å²) < 4.78 is 34.7. The van der Waals surface area contributed by atoms with Crippen molar-refractivity contribution in [2.24, 2.45) is 16.6 Å². The van der Waals surface area contributed by atoms with E-state index in [-0.39, 0.29) is 29.6 Å². The monoisotopic (exact) mass is 470 g/mol. The number of rotatable bonds is 4. The number of aliphatic imine (C=N–C) groups is 1. The summed E-state index contributed by atoms with van der Waals surface area (Å²) in [5.41, 5.74) is 11.8. The van der Waals surface area contributed by atoms with Crippen molar-refractivity contribution < 1.29 is 28.1 Å². The molecule has 3 atom stereocenters. The molecule has 0 amide bonds. The van der Waals surface area contributed by atoms with Crippen molar-refractivity contribution in [3.8, 4) is 17.6 Å². The molecule has 4 rings (SSSR count). The van der Waals surface area contributed by atoms with Crippen molar-refractivity contribution in [1.82, 2.24) is 4.98 Å². The Hall–Kier alpha value is -3.84. The van der Waals surface area contributed by atoms with Gasteiger partial charge in [-0.3, -0.25) is 0 Å². The Morgan fingerprint density at radius 2 is 2.09 bits per heavy atom. The number of aromatic nitrogens is 1. The minimum Gasteiger partial charge on any atom is -0.479 e. The Labute approximate surface area is 197 Å². The van der Waals surface area contributed by atoms with Crippen molar-refractivity contribution in [2.75, 3.05) is 32.7 Å². The molecule has 1 aromatic carbocycles.